The maximum Gasteiger partial charge on any atom is 0.127 e. The van der Waals surface area contributed by atoms with Gasteiger partial charge < -0.3 is 10.1 Å². The summed E-state index contributed by atoms with van der Waals surface area (Å²) in [7, 11) is 0. The number of fused-ring (bicyclic) bond motifs is 1. The van der Waals surface area contributed by atoms with Gasteiger partial charge in [0.25, 0.3) is 0 Å². The van der Waals surface area contributed by atoms with Gasteiger partial charge in [0.15, 0.2) is 0 Å². The third-order valence-electron chi connectivity index (χ3n) is 3.84. The number of halogens is 1. The second-order valence-corrected chi connectivity index (χ2v) is 5.61. The first kappa shape index (κ1) is 12.3. The van der Waals surface area contributed by atoms with Gasteiger partial charge >= 0.3 is 0 Å². The number of ether oxygens (including phenoxy) is 1. The number of hydrogen-bond acceptors (Lipinski definition) is 3. The summed E-state index contributed by atoms with van der Waals surface area (Å²) in [5.41, 5.74) is 2.50. The fraction of sp³-hybridized carbons (Fsp3) is 0.571. The largest absolute Gasteiger partial charge is 0.493 e. The molecular weight excluding hydrogens is 248 g/mol. The summed E-state index contributed by atoms with van der Waals surface area (Å²) in [5, 5.41) is 4.25. The van der Waals surface area contributed by atoms with Crippen molar-refractivity contribution in [3.63, 3.8) is 0 Å². The first-order valence-electron chi connectivity index (χ1n) is 6.63. The second-order valence-electron chi connectivity index (χ2n) is 5.18. The van der Waals surface area contributed by atoms with Crippen LogP contribution in [0.15, 0.2) is 12.1 Å². The first-order valence-corrected chi connectivity index (χ1v) is 7.00. The van der Waals surface area contributed by atoms with E-state index in [4.69, 9.17) is 16.3 Å². The Labute approximate surface area is 113 Å². The summed E-state index contributed by atoms with van der Waals surface area (Å²) in [4.78, 5) is 2.49. The van der Waals surface area contributed by atoms with Gasteiger partial charge in [-0.05, 0) is 24.6 Å². The van der Waals surface area contributed by atoms with Crippen molar-refractivity contribution >= 4 is 11.6 Å². The number of hydrogen-bond donors (Lipinski definition) is 1. The molecule has 1 atom stereocenters. The van der Waals surface area contributed by atoms with E-state index < -0.39 is 0 Å². The topological polar surface area (TPSA) is 24.5 Å². The zero-order valence-corrected chi connectivity index (χ0v) is 11.5. The van der Waals surface area contributed by atoms with Gasteiger partial charge in [0.2, 0.25) is 0 Å². The van der Waals surface area contributed by atoms with Crippen LogP contribution in [0.2, 0.25) is 5.02 Å². The molecule has 1 N–H and O–H groups in total. The van der Waals surface area contributed by atoms with E-state index in [1.807, 2.05) is 6.07 Å². The highest BCUT2D eigenvalue weighted by Gasteiger charge is 2.22. The molecule has 0 aliphatic carbocycles. The molecule has 1 fully saturated rings. The molecule has 0 bridgehead atoms. The third-order valence-corrected chi connectivity index (χ3v) is 4.06. The molecule has 3 nitrogen and oxygen atoms in total. The third kappa shape index (κ3) is 2.35. The average Bonchev–Trinajstić information content (AvgIpc) is 2.80. The van der Waals surface area contributed by atoms with E-state index in [-0.39, 0.29) is 0 Å². The molecule has 2 heterocycles. The number of nitrogens with one attached hydrogen (secondary N) is 1. The van der Waals surface area contributed by atoms with Gasteiger partial charge in [-0.2, -0.15) is 0 Å². The Morgan fingerprint density at radius 1 is 1.50 bits per heavy atom. The number of benzene rings is 1. The summed E-state index contributed by atoms with van der Waals surface area (Å²) >= 11 is 6.20. The molecule has 2 aliphatic heterocycles. The minimum Gasteiger partial charge on any atom is -0.493 e. The van der Waals surface area contributed by atoms with Gasteiger partial charge in [-0.3, -0.25) is 4.90 Å². The molecular formula is C14H19ClN2O. The molecule has 18 heavy (non-hydrogen) atoms. The Balaban J connectivity index is 1.84. The Morgan fingerprint density at radius 3 is 3.22 bits per heavy atom. The maximum atomic E-state index is 6.20. The predicted octanol–water partition coefficient (Wildman–Crippen LogP) is 2.07. The van der Waals surface area contributed by atoms with Crippen LogP contribution >= 0.6 is 11.6 Å². The molecule has 3 rings (SSSR count). The molecule has 0 saturated carbocycles. The van der Waals surface area contributed by atoms with Crippen LogP contribution in [0.5, 0.6) is 5.75 Å². The zero-order valence-electron chi connectivity index (χ0n) is 10.7. The Hall–Kier alpha value is -0.770. The highest BCUT2D eigenvalue weighted by molar-refractivity contribution is 6.30. The molecule has 4 heteroatoms. The second kappa shape index (κ2) is 5.08. The SMILES string of the molecule is C[C@H]1CNCCN1Cc1cc(Cl)cc2c1OCC2. The quantitative estimate of drug-likeness (QED) is 0.887. The average molecular weight is 267 g/mol. The smallest absolute Gasteiger partial charge is 0.127 e. The van der Waals surface area contributed by atoms with Gasteiger partial charge in [-0.15, -0.1) is 0 Å². The van der Waals surface area contributed by atoms with Crippen LogP contribution in [0, 0.1) is 0 Å². The summed E-state index contributed by atoms with van der Waals surface area (Å²) in [6, 6.07) is 4.66. The van der Waals surface area contributed by atoms with Crippen molar-refractivity contribution in [2.75, 3.05) is 26.2 Å². The molecule has 1 saturated heterocycles. The molecule has 2 aliphatic rings. The van der Waals surface area contributed by atoms with Crippen LogP contribution in [0.1, 0.15) is 18.1 Å². The highest BCUT2D eigenvalue weighted by atomic mass is 35.5. The minimum absolute atomic E-state index is 0.565. The van der Waals surface area contributed by atoms with Gasteiger partial charge in [0, 0.05) is 49.2 Å². The molecule has 1 aromatic rings. The molecule has 0 radical (unpaired) electrons. The van der Waals surface area contributed by atoms with Crippen LogP contribution in [0.4, 0.5) is 0 Å². The van der Waals surface area contributed by atoms with Gasteiger partial charge in [0.05, 0.1) is 6.61 Å². The van der Waals surface area contributed by atoms with E-state index in [0.29, 0.717) is 6.04 Å². The molecule has 0 spiro atoms. The standard InChI is InChI=1S/C14H19ClN2O/c1-10-8-16-3-4-17(10)9-12-7-13(15)6-11-2-5-18-14(11)12/h6-7,10,16H,2-5,8-9H2,1H3/t10-/m0/s1. The van der Waals surface area contributed by atoms with Crippen molar-refractivity contribution < 1.29 is 4.74 Å². The van der Waals surface area contributed by atoms with Crippen LogP contribution in [0.3, 0.4) is 0 Å². The lowest BCUT2D eigenvalue weighted by Gasteiger charge is -2.34. The van der Waals surface area contributed by atoms with Gasteiger partial charge in [0.1, 0.15) is 5.75 Å². The van der Waals surface area contributed by atoms with Crippen LogP contribution in [-0.4, -0.2) is 37.2 Å². The Kier molecular flexibility index (Phi) is 3.46. The lowest BCUT2D eigenvalue weighted by Crippen LogP contribution is -2.49. The van der Waals surface area contributed by atoms with Gasteiger partial charge in [-0.25, -0.2) is 0 Å². The molecule has 0 amide bonds. The van der Waals surface area contributed by atoms with Crippen molar-refractivity contribution in [2.45, 2.75) is 25.9 Å². The first-order chi connectivity index (χ1) is 8.74. The summed E-state index contributed by atoms with van der Waals surface area (Å²) in [6.07, 6.45) is 0.986. The van der Waals surface area contributed by atoms with Crippen LogP contribution in [-0.2, 0) is 13.0 Å². The fourth-order valence-electron chi connectivity index (χ4n) is 2.80. The zero-order chi connectivity index (χ0) is 12.5. The number of piperazine rings is 1. The van der Waals surface area contributed by atoms with E-state index >= 15 is 0 Å². The molecule has 98 valence electrons. The lowest BCUT2D eigenvalue weighted by atomic mass is 10.1. The normalized spacial score (nSPS) is 23.8. The summed E-state index contributed by atoms with van der Waals surface area (Å²) < 4.78 is 5.76. The van der Waals surface area contributed by atoms with Gasteiger partial charge in [-0.1, -0.05) is 11.6 Å². The van der Waals surface area contributed by atoms with Crippen molar-refractivity contribution in [1.29, 1.82) is 0 Å². The molecule has 1 aromatic carbocycles. The van der Waals surface area contributed by atoms with Crippen molar-refractivity contribution in [1.82, 2.24) is 10.2 Å². The molecule has 0 unspecified atom stereocenters. The summed E-state index contributed by atoms with van der Waals surface area (Å²) in [5.74, 6) is 1.07. The van der Waals surface area contributed by atoms with Crippen LogP contribution in [0.25, 0.3) is 0 Å². The van der Waals surface area contributed by atoms with E-state index in [9.17, 15) is 0 Å². The fourth-order valence-corrected chi connectivity index (χ4v) is 3.06. The summed E-state index contributed by atoms with van der Waals surface area (Å²) in [6.45, 7) is 7.20. The Bertz CT molecular complexity index is 450. The van der Waals surface area contributed by atoms with E-state index in [1.54, 1.807) is 0 Å². The van der Waals surface area contributed by atoms with Crippen molar-refractivity contribution in [3.05, 3.63) is 28.3 Å². The number of nitrogens with zero attached hydrogens (tertiary/aromatic N) is 1. The highest BCUT2D eigenvalue weighted by Crippen LogP contribution is 2.33. The van der Waals surface area contributed by atoms with E-state index in [0.717, 1.165) is 50.0 Å². The van der Waals surface area contributed by atoms with Crippen molar-refractivity contribution in [2.24, 2.45) is 0 Å². The van der Waals surface area contributed by atoms with Crippen LogP contribution < -0.4 is 10.1 Å². The number of rotatable bonds is 2. The predicted molar refractivity (Wildman–Crippen MR) is 73.4 cm³/mol. The van der Waals surface area contributed by atoms with Crippen molar-refractivity contribution in [3.8, 4) is 5.75 Å². The lowest BCUT2D eigenvalue weighted by molar-refractivity contribution is 0.164. The molecule has 0 aromatic heterocycles. The maximum absolute atomic E-state index is 6.20. The Morgan fingerprint density at radius 2 is 2.39 bits per heavy atom. The minimum atomic E-state index is 0.565. The van der Waals surface area contributed by atoms with E-state index in [1.165, 1.54) is 11.1 Å². The monoisotopic (exact) mass is 266 g/mol. The van der Waals surface area contributed by atoms with E-state index in [2.05, 4.69) is 23.2 Å².